The molecule has 0 saturated heterocycles. The van der Waals surface area contributed by atoms with Crippen LogP contribution in [0.15, 0.2) is 24.3 Å². The molecule has 0 amide bonds. The highest BCUT2D eigenvalue weighted by Crippen LogP contribution is 2.35. The van der Waals surface area contributed by atoms with Gasteiger partial charge in [0, 0.05) is 11.7 Å². The molecule has 1 aromatic rings. The molecule has 0 saturated carbocycles. The summed E-state index contributed by atoms with van der Waals surface area (Å²) >= 11 is 0. The molecule has 0 bridgehead atoms. The van der Waals surface area contributed by atoms with Crippen LogP contribution in [0.1, 0.15) is 38.7 Å². The Hall–Kier alpha value is -1.19. The maximum atomic E-state index is 12.7. The van der Waals surface area contributed by atoms with Crippen LogP contribution in [-0.4, -0.2) is 6.04 Å². The maximum Gasteiger partial charge on any atom is 0.418 e. The summed E-state index contributed by atoms with van der Waals surface area (Å²) in [5.74, 6) is 0. The molecule has 0 heterocycles. The van der Waals surface area contributed by atoms with Crippen LogP contribution in [-0.2, 0) is 6.18 Å². The third-order valence-corrected chi connectivity index (χ3v) is 2.72. The summed E-state index contributed by atoms with van der Waals surface area (Å²) in [4.78, 5) is 0. The Morgan fingerprint density at radius 3 is 2.35 bits per heavy atom. The number of rotatable bonds is 5. The van der Waals surface area contributed by atoms with Crippen molar-refractivity contribution in [1.82, 2.24) is 0 Å². The zero-order valence-electron chi connectivity index (χ0n) is 10.1. The summed E-state index contributed by atoms with van der Waals surface area (Å²) in [6.45, 7) is 4.00. The molecule has 0 spiro atoms. The number of anilines is 1. The molecule has 4 heteroatoms. The van der Waals surface area contributed by atoms with Crippen molar-refractivity contribution in [3.8, 4) is 0 Å². The van der Waals surface area contributed by atoms with E-state index < -0.39 is 11.7 Å². The molecule has 96 valence electrons. The van der Waals surface area contributed by atoms with Crippen LogP contribution in [0.2, 0.25) is 0 Å². The van der Waals surface area contributed by atoms with Crippen molar-refractivity contribution >= 4 is 5.69 Å². The standard InChI is InChI=1S/C13H18F3N/c1-3-7-10(4-2)17-12-9-6-5-8-11(12)13(14,15)16/h5-6,8-10,17H,3-4,7H2,1-2H3. The highest BCUT2D eigenvalue weighted by atomic mass is 19.4. The number of nitrogens with one attached hydrogen (secondary N) is 1. The van der Waals surface area contributed by atoms with E-state index in [-0.39, 0.29) is 11.7 Å². The molecule has 17 heavy (non-hydrogen) atoms. The molecule has 1 aromatic carbocycles. The third kappa shape index (κ3) is 3.95. The predicted molar refractivity (Wildman–Crippen MR) is 64.1 cm³/mol. The first-order valence-electron chi connectivity index (χ1n) is 5.91. The molecule has 0 aliphatic rings. The minimum absolute atomic E-state index is 0.100. The summed E-state index contributed by atoms with van der Waals surface area (Å²) < 4.78 is 38.2. The summed E-state index contributed by atoms with van der Waals surface area (Å²) in [6.07, 6.45) is -1.64. The largest absolute Gasteiger partial charge is 0.418 e. The van der Waals surface area contributed by atoms with Gasteiger partial charge in [-0.1, -0.05) is 32.4 Å². The minimum atomic E-state index is -4.30. The second-order valence-corrected chi connectivity index (χ2v) is 4.08. The normalized spacial score (nSPS) is 13.5. The number of alkyl halides is 3. The highest BCUT2D eigenvalue weighted by Gasteiger charge is 2.33. The van der Waals surface area contributed by atoms with E-state index in [4.69, 9.17) is 0 Å². The third-order valence-electron chi connectivity index (χ3n) is 2.72. The number of para-hydroxylation sites is 1. The summed E-state index contributed by atoms with van der Waals surface area (Å²) in [7, 11) is 0. The quantitative estimate of drug-likeness (QED) is 0.793. The van der Waals surface area contributed by atoms with Gasteiger partial charge in [-0.05, 0) is 25.0 Å². The van der Waals surface area contributed by atoms with Gasteiger partial charge in [-0.25, -0.2) is 0 Å². The molecule has 1 rings (SSSR count). The Balaban J connectivity index is 2.90. The van der Waals surface area contributed by atoms with Crippen LogP contribution in [0.5, 0.6) is 0 Å². The Bertz CT molecular complexity index is 347. The molecule has 1 nitrogen and oxygen atoms in total. The molecule has 1 N–H and O–H groups in total. The fourth-order valence-corrected chi connectivity index (χ4v) is 1.80. The monoisotopic (exact) mass is 245 g/mol. The molecule has 0 aliphatic heterocycles. The number of halogens is 3. The number of hydrogen-bond donors (Lipinski definition) is 1. The van der Waals surface area contributed by atoms with Crippen LogP contribution < -0.4 is 5.32 Å². The van der Waals surface area contributed by atoms with Gasteiger partial charge in [0.2, 0.25) is 0 Å². The fourth-order valence-electron chi connectivity index (χ4n) is 1.80. The van der Waals surface area contributed by atoms with Crippen molar-refractivity contribution in [3.63, 3.8) is 0 Å². The van der Waals surface area contributed by atoms with Gasteiger partial charge in [-0.3, -0.25) is 0 Å². The number of benzene rings is 1. The van der Waals surface area contributed by atoms with Gasteiger partial charge in [0.15, 0.2) is 0 Å². The van der Waals surface area contributed by atoms with Crippen molar-refractivity contribution in [1.29, 1.82) is 0 Å². The first kappa shape index (κ1) is 13.9. The molecule has 1 atom stereocenters. The molecule has 0 aromatic heterocycles. The highest BCUT2D eigenvalue weighted by molar-refractivity contribution is 5.53. The van der Waals surface area contributed by atoms with E-state index in [1.807, 2.05) is 13.8 Å². The maximum absolute atomic E-state index is 12.7. The smallest absolute Gasteiger partial charge is 0.382 e. The lowest BCUT2D eigenvalue weighted by atomic mass is 10.1. The average molecular weight is 245 g/mol. The zero-order valence-corrected chi connectivity index (χ0v) is 10.1. The van der Waals surface area contributed by atoms with Gasteiger partial charge in [0.25, 0.3) is 0 Å². The second kappa shape index (κ2) is 5.94. The van der Waals surface area contributed by atoms with Crippen molar-refractivity contribution < 1.29 is 13.2 Å². The van der Waals surface area contributed by atoms with Crippen molar-refractivity contribution in [2.24, 2.45) is 0 Å². The van der Waals surface area contributed by atoms with Crippen molar-refractivity contribution in [2.75, 3.05) is 5.32 Å². The van der Waals surface area contributed by atoms with E-state index in [1.54, 1.807) is 6.07 Å². The Kier molecular flexibility index (Phi) is 4.85. The predicted octanol–water partition coefficient (Wildman–Crippen LogP) is 4.70. The van der Waals surface area contributed by atoms with Crippen LogP contribution in [0.25, 0.3) is 0 Å². The minimum Gasteiger partial charge on any atom is -0.382 e. The van der Waals surface area contributed by atoms with Gasteiger partial charge in [0.1, 0.15) is 0 Å². The topological polar surface area (TPSA) is 12.0 Å². The second-order valence-electron chi connectivity index (χ2n) is 4.08. The lowest BCUT2D eigenvalue weighted by Gasteiger charge is -2.20. The summed E-state index contributed by atoms with van der Waals surface area (Å²) in [5, 5.41) is 2.98. The first-order chi connectivity index (χ1) is 7.99. The van der Waals surface area contributed by atoms with E-state index in [9.17, 15) is 13.2 Å². The van der Waals surface area contributed by atoms with E-state index >= 15 is 0 Å². The average Bonchev–Trinajstić information content (AvgIpc) is 2.27. The Morgan fingerprint density at radius 1 is 1.18 bits per heavy atom. The Morgan fingerprint density at radius 2 is 1.82 bits per heavy atom. The molecule has 0 radical (unpaired) electrons. The van der Waals surface area contributed by atoms with Gasteiger partial charge < -0.3 is 5.32 Å². The van der Waals surface area contributed by atoms with E-state index in [1.165, 1.54) is 12.1 Å². The van der Waals surface area contributed by atoms with E-state index in [0.717, 1.165) is 25.3 Å². The summed E-state index contributed by atoms with van der Waals surface area (Å²) in [6, 6.07) is 5.73. The van der Waals surface area contributed by atoms with Gasteiger partial charge >= 0.3 is 6.18 Å². The fraction of sp³-hybridized carbons (Fsp3) is 0.538. The lowest BCUT2D eigenvalue weighted by molar-refractivity contribution is -0.137. The van der Waals surface area contributed by atoms with Gasteiger partial charge in [-0.2, -0.15) is 13.2 Å². The van der Waals surface area contributed by atoms with Crippen LogP contribution >= 0.6 is 0 Å². The first-order valence-corrected chi connectivity index (χ1v) is 5.91. The van der Waals surface area contributed by atoms with Crippen molar-refractivity contribution in [2.45, 2.75) is 45.3 Å². The molecular formula is C13H18F3N. The van der Waals surface area contributed by atoms with Gasteiger partial charge in [-0.15, -0.1) is 0 Å². The number of hydrogen-bond acceptors (Lipinski definition) is 1. The van der Waals surface area contributed by atoms with Crippen LogP contribution in [0, 0.1) is 0 Å². The lowest BCUT2D eigenvalue weighted by Crippen LogP contribution is -2.20. The summed E-state index contributed by atoms with van der Waals surface area (Å²) in [5.41, 5.74) is -0.408. The molecule has 0 aliphatic carbocycles. The molecular weight excluding hydrogens is 227 g/mol. The van der Waals surface area contributed by atoms with Crippen molar-refractivity contribution in [3.05, 3.63) is 29.8 Å². The molecule has 1 unspecified atom stereocenters. The van der Waals surface area contributed by atoms with E-state index in [2.05, 4.69) is 5.32 Å². The van der Waals surface area contributed by atoms with Crippen LogP contribution in [0.3, 0.4) is 0 Å². The van der Waals surface area contributed by atoms with Crippen LogP contribution in [0.4, 0.5) is 18.9 Å². The zero-order chi connectivity index (χ0) is 12.9. The van der Waals surface area contributed by atoms with E-state index in [0.29, 0.717) is 0 Å². The Labute approximate surface area is 100 Å². The van der Waals surface area contributed by atoms with Gasteiger partial charge in [0.05, 0.1) is 5.56 Å². The molecule has 0 fully saturated rings. The SMILES string of the molecule is CCCC(CC)Nc1ccccc1C(F)(F)F.